The van der Waals surface area contributed by atoms with E-state index in [1.807, 2.05) is 24.7 Å². The van der Waals surface area contributed by atoms with Crippen molar-refractivity contribution < 1.29 is 4.79 Å². The topological polar surface area (TPSA) is 61.9 Å². The number of fused-ring (bicyclic) bond motifs is 1. The predicted octanol–water partition coefficient (Wildman–Crippen LogP) is 3.22. The van der Waals surface area contributed by atoms with E-state index in [0.29, 0.717) is 19.0 Å². The lowest BCUT2D eigenvalue weighted by molar-refractivity contribution is -0.119. The van der Waals surface area contributed by atoms with Crippen molar-refractivity contribution in [3.8, 4) is 11.1 Å². The van der Waals surface area contributed by atoms with Crippen molar-refractivity contribution in [1.29, 1.82) is 0 Å². The number of benzene rings is 1. The molecule has 0 saturated carbocycles. The maximum atomic E-state index is 12.4. The van der Waals surface area contributed by atoms with Crippen LogP contribution in [0.2, 0.25) is 0 Å². The lowest BCUT2D eigenvalue weighted by atomic mass is 10.0. The highest BCUT2D eigenvalue weighted by Gasteiger charge is 2.22. The molecule has 1 N–H and O–H groups in total. The van der Waals surface area contributed by atoms with E-state index in [1.165, 1.54) is 12.8 Å². The highest BCUT2D eigenvalue weighted by atomic mass is 16.1. The number of ketones is 1. The van der Waals surface area contributed by atoms with Crippen LogP contribution in [0.3, 0.4) is 0 Å². The van der Waals surface area contributed by atoms with Gasteiger partial charge in [-0.15, -0.1) is 0 Å². The summed E-state index contributed by atoms with van der Waals surface area (Å²) in [6.45, 7) is 3.77. The third kappa shape index (κ3) is 3.46. The van der Waals surface area contributed by atoms with Gasteiger partial charge in [-0.25, -0.2) is 0 Å². The largest absolute Gasteiger partial charge is 0.298 e. The van der Waals surface area contributed by atoms with Gasteiger partial charge in [-0.1, -0.05) is 12.1 Å². The number of likely N-dealkylation sites (tertiary alicyclic amines) is 1. The molecule has 0 radical (unpaired) electrons. The molecule has 1 aliphatic heterocycles. The summed E-state index contributed by atoms with van der Waals surface area (Å²) in [5.74, 6) is 0.242. The van der Waals surface area contributed by atoms with Gasteiger partial charge in [0, 0.05) is 35.1 Å². The highest BCUT2D eigenvalue weighted by Crippen LogP contribution is 2.24. The standard InChI is InChI=1S/C20H22N4O/c1-14-3-2-6-24(14)13-20(25)9-19-8-17-7-15(18-11-22-23-12-18)4-5-16(17)10-21-19/h4-5,7-8,10-12,14H,2-3,6,9,13H2,1H3,(H,22,23)/t14-/m0/s1. The Hall–Kier alpha value is -2.53. The van der Waals surface area contributed by atoms with E-state index in [9.17, 15) is 4.79 Å². The van der Waals surface area contributed by atoms with Crippen molar-refractivity contribution in [3.63, 3.8) is 0 Å². The SMILES string of the molecule is C[C@H]1CCCN1CC(=O)Cc1cc2cc(-c3cn[nH]c3)ccc2cn1. The summed E-state index contributed by atoms with van der Waals surface area (Å²) in [5.41, 5.74) is 3.00. The summed E-state index contributed by atoms with van der Waals surface area (Å²) in [6, 6.07) is 8.80. The maximum Gasteiger partial charge on any atom is 0.152 e. The fourth-order valence-electron chi connectivity index (χ4n) is 3.58. The average Bonchev–Trinajstić information content (AvgIpc) is 3.27. The number of aromatic amines is 1. The molecule has 1 saturated heterocycles. The number of hydrogen-bond donors (Lipinski definition) is 1. The summed E-state index contributed by atoms with van der Waals surface area (Å²) < 4.78 is 0. The first-order valence-corrected chi connectivity index (χ1v) is 8.82. The third-order valence-electron chi connectivity index (χ3n) is 5.06. The highest BCUT2D eigenvalue weighted by molar-refractivity contribution is 5.88. The smallest absolute Gasteiger partial charge is 0.152 e. The Labute approximate surface area is 147 Å². The van der Waals surface area contributed by atoms with Gasteiger partial charge in [0.1, 0.15) is 0 Å². The van der Waals surface area contributed by atoms with Crippen LogP contribution in [0.1, 0.15) is 25.5 Å². The van der Waals surface area contributed by atoms with Crippen LogP contribution in [0.5, 0.6) is 0 Å². The number of nitrogens with zero attached hydrogens (tertiary/aromatic N) is 3. The lowest BCUT2D eigenvalue weighted by Crippen LogP contribution is -2.33. The van der Waals surface area contributed by atoms with Crippen LogP contribution < -0.4 is 0 Å². The van der Waals surface area contributed by atoms with Crippen molar-refractivity contribution >= 4 is 16.6 Å². The minimum absolute atomic E-state index is 0.242. The van der Waals surface area contributed by atoms with Gasteiger partial charge < -0.3 is 0 Å². The van der Waals surface area contributed by atoms with Gasteiger partial charge in [-0.2, -0.15) is 5.10 Å². The summed E-state index contributed by atoms with van der Waals surface area (Å²) in [7, 11) is 0. The van der Waals surface area contributed by atoms with Crippen molar-refractivity contribution in [2.24, 2.45) is 0 Å². The van der Waals surface area contributed by atoms with Crippen LogP contribution >= 0.6 is 0 Å². The first-order chi connectivity index (χ1) is 12.2. The Balaban J connectivity index is 1.52. The van der Waals surface area contributed by atoms with Gasteiger partial charge in [0.15, 0.2) is 5.78 Å². The van der Waals surface area contributed by atoms with E-state index in [-0.39, 0.29) is 5.78 Å². The van der Waals surface area contributed by atoms with Crippen LogP contribution in [0.4, 0.5) is 0 Å². The van der Waals surface area contributed by atoms with Crippen LogP contribution in [-0.2, 0) is 11.2 Å². The summed E-state index contributed by atoms with van der Waals surface area (Å²) >= 11 is 0. The lowest BCUT2D eigenvalue weighted by Gasteiger charge is -2.19. The normalized spacial score (nSPS) is 18.0. The first-order valence-electron chi connectivity index (χ1n) is 8.82. The number of rotatable bonds is 5. The Bertz CT molecular complexity index is 888. The molecule has 4 rings (SSSR count). The summed E-state index contributed by atoms with van der Waals surface area (Å²) in [5, 5.41) is 9.03. The molecule has 0 unspecified atom stereocenters. The van der Waals surface area contributed by atoms with E-state index < -0.39 is 0 Å². The second-order valence-electron chi connectivity index (χ2n) is 6.90. The van der Waals surface area contributed by atoms with Crippen molar-refractivity contribution in [1.82, 2.24) is 20.1 Å². The van der Waals surface area contributed by atoms with Gasteiger partial charge in [0.25, 0.3) is 0 Å². The molecule has 1 fully saturated rings. The number of H-pyrrole nitrogens is 1. The fourth-order valence-corrected chi connectivity index (χ4v) is 3.58. The van der Waals surface area contributed by atoms with Crippen LogP contribution in [0, 0.1) is 0 Å². The molecule has 3 aromatic rings. The zero-order valence-corrected chi connectivity index (χ0v) is 14.4. The van der Waals surface area contributed by atoms with Crippen molar-refractivity contribution in [2.75, 3.05) is 13.1 Å². The zero-order valence-electron chi connectivity index (χ0n) is 14.4. The minimum Gasteiger partial charge on any atom is -0.298 e. The number of Topliss-reactive ketones (excluding diaryl/α,β-unsaturated/α-hetero) is 1. The molecule has 3 heterocycles. The number of pyridine rings is 1. The molecular formula is C20H22N4O. The molecule has 128 valence electrons. The molecule has 1 aliphatic rings. The van der Waals surface area contributed by atoms with Gasteiger partial charge in [0.05, 0.1) is 19.2 Å². The molecule has 5 nitrogen and oxygen atoms in total. The number of nitrogens with one attached hydrogen (secondary N) is 1. The van der Waals surface area contributed by atoms with Crippen LogP contribution in [0.25, 0.3) is 21.9 Å². The first kappa shape index (κ1) is 16.0. The van der Waals surface area contributed by atoms with Gasteiger partial charge in [0.2, 0.25) is 0 Å². The number of hydrogen-bond acceptors (Lipinski definition) is 4. The monoisotopic (exact) mass is 334 g/mol. The maximum absolute atomic E-state index is 12.4. The second kappa shape index (κ2) is 6.76. The van der Waals surface area contributed by atoms with E-state index in [1.54, 1.807) is 0 Å². The second-order valence-corrected chi connectivity index (χ2v) is 6.90. The summed E-state index contributed by atoms with van der Waals surface area (Å²) in [4.78, 5) is 19.2. The quantitative estimate of drug-likeness (QED) is 0.778. The molecule has 5 heteroatoms. The zero-order chi connectivity index (χ0) is 17.2. The van der Waals surface area contributed by atoms with Gasteiger partial charge in [-0.3, -0.25) is 19.8 Å². The number of carbonyl (C=O) groups is 1. The van der Waals surface area contributed by atoms with Gasteiger partial charge >= 0.3 is 0 Å². The molecule has 0 bridgehead atoms. The summed E-state index contributed by atoms with van der Waals surface area (Å²) in [6.07, 6.45) is 8.33. The van der Waals surface area contributed by atoms with Crippen LogP contribution in [0.15, 0.2) is 42.9 Å². The fraction of sp³-hybridized carbons (Fsp3) is 0.350. The van der Waals surface area contributed by atoms with Crippen molar-refractivity contribution in [3.05, 3.63) is 48.5 Å². The Morgan fingerprint density at radius 2 is 2.16 bits per heavy atom. The number of aromatic nitrogens is 3. The van der Waals surface area contributed by atoms with Gasteiger partial charge in [-0.05, 0) is 49.4 Å². The molecule has 1 atom stereocenters. The molecule has 0 amide bonds. The molecule has 1 aromatic carbocycles. The molecule has 0 aliphatic carbocycles. The molecule has 2 aromatic heterocycles. The van der Waals surface area contributed by atoms with E-state index in [0.717, 1.165) is 34.1 Å². The Morgan fingerprint density at radius 1 is 1.24 bits per heavy atom. The average molecular weight is 334 g/mol. The minimum atomic E-state index is 0.242. The van der Waals surface area contributed by atoms with E-state index in [4.69, 9.17) is 0 Å². The van der Waals surface area contributed by atoms with Crippen LogP contribution in [-0.4, -0.2) is 45.0 Å². The van der Waals surface area contributed by atoms with E-state index >= 15 is 0 Å². The van der Waals surface area contributed by atoms with Crippen molar-refractivity contribution in [2.45, 2.75) is 32.2 Å². The number of carbonyl (C=O) groups excluding carboxylic acids is 1. The Morgan fingerprint density at radius 3 is 2.92 bits per heavy atom. The molecular weight excluding hydrogens is 312 g/mol. The Kier molecular flexibility index (Phi) is 4.32. The molecule has 25 heavy (non-hydrogen) atoms. The third-order valence-corrected chi connectivity index (χ3v) is 5.06. The molecule has 0 spiro atoms. The van der Waals surface area contributed by atoms with E-state index in [2.05, 4.69) is 45.2 Å². The predicted molar refractivity (Wildman–Crippen MR) is 98.3 cm³/mol.